The zero-order valence-electron chi connectivity index (χ0n) is 19.2. The van der Waals surface area contributed by atoms with Gasteiger partial charge in [-0.05, 0) is 60.7 Å². The summed E-state index contributed by atoms with van der Waals surface area (Å²) in [5.74, 6) is -1.05. The molecule has 1 aliphatic heterocycles. The number of carbonyl (C=O) groups excluding carboxylic acids is 2. The maximum atomic E-state index is 13.1. The molecule has 33 heavy (non-hydrogen) atoms. The molecule has 8 nitrogen and oxygen atoms in total. The Balaban J connectivity index is 1.65. The molecule has 2 aromatic carbocycles. The number of benzene rings is 2. The molecule has 3 rings (SSSR count). The standard InChI is InChI=1S/C24H30N2O6S/c1-15(2)18-6-8-19(9-7-18)25-23(28)14-32-24(29)22-12-20(27)13-26(22)33(30,31)21-10-5-16(3)17(4)11-21/h5-11,15,20,22,27H,12-14H2,1-4H3,(H,25,28)/t20?,22-/m0/s1. The molecule has 0 bridgehead atoms. The first kappa shape index (κ1) is 24.9. The molecule has 0 saturated carbocycles. The van der Waals surface area contributed by atoms with Crippen molar-refractivity contribution in [3.63, 3.8) is 0 Å². The van der Waals surface area contributed by atoms with Crippen molar-refractivity contribution >= 4 is 27.6 Å². The van der Waals surface area contributed by atoms with Crippen LogP contribution in [0.15, 0.2) is 47.4 Å². The monoisotopic (exact) mass is 474 g/mol. The van der Waals surface area contributed by atoms with E-state index in [4.69, 9.17) is 4.74 Å². The van der Waals surface area contributed by atoms with Gasteiger partial charge in [-0.25, -0.2) is 8.42 Å². The third-order valence-electron chi connectivity index (χ3n) is 5.80. The lowest BCUT2D eigenvalue weighted by atomic mass is 10.0. The van der Waals surface area contributed by atoms with E-state index in [1.165, 1.54) is 12.1 Å². The summed E-state index contributed by atoms with van der Waals surface area (Å²) in [6, 6.07) is 10.8. The summed E-state index contributed by atoms with van der Waals surface area (Å²) in [6.07, 6.45) is -1.10. The number of nitrogens with one attached hydrogen (secondary N) is 1. The second kappa shape index (κ2) is 10.0. The van der Waals surface area contributed by atoms with Crippen LogP contribution in [0.25, 0.3) is 0 Å². The SMILES string of the molecule is Cc1ccc(S(=O)(=O)N2CC(O)C[C@H]2C(=O)OCC(=O)Nc2ccc(C(C)C)cc2)cc1C. The molecule has 178 valence electrons. The van der Waals surface area contributed by atoms with Crippen LogP contribution in [-0.2, 0) is 24.3 Å². The third kappa shape index (κ3) is 5.79. The number of hydrogen-bond acceptors (Lipinski definition) is 6. The minimum absolute atomic E-state index is 0.0417. The van der Waals surface area contributed by atoms with Crippen molar-refractivity contribution in [2.24, 2.45) is 0 Å². The van der Waals surface area contributed by atoms with E-state index >= 15 is 0 Å². The number of carbonyl (C=O) groups is 2. The molecule has 2 aromatic rings. The van der Waals surface area contributed by atoms with Crippen molar-refractivity contribution in [2.45, 2.75) is 57.1 Å². The molecule has 1 heterocycles. The molecule has 1 unspecified atom stereocenters. The zero-order chi connectivity index (χ0) is 24.3. The Morgan fingerprint density at radius 1 is 1.12 bits per heavy atom. The number of aliphatic hydroxyl groups is 1. The van der Waals surface area contributed by atoms with E-state index < -0.39 is 40.7 Å². The van der Waals surface area contributed by atoms with Crippen LogP contribution in [0.3, 0.4) is 0 Å². The maximum Gasteiger partial charge on any atom is 0.325 e. The van der Waals surface area contributed by atoms with E-state index in [1.54, 1.807) is 25.1 Å². The molecule has 1 fully saturated rings. The van der Waals surface area contributed by atoms with Gasteiger partial charge in [0.2, 0.25) is 10.0 Å². The predicted molar refractivity (Wildman–Crippen MR) is 124 cm³/mol. The fourth-order valence-electron chi connectivity index (χ4n) is 3.66. The van der Waals surface area contributed by atoms with E-state index in [2.05, 4.69) is 19.2 Å². The van der Waals surface area contributed by atoms with Gasteiger partial charge in [0.1, 0.15) is 6.04 Å². The lowest BCUT2D eigenvalue weighted by Crippen LogP contribution is -2.42. The van der Waals surface area contributed by atoms with Crippen molar-refractivity contribution in [1.82, 2.24) is 4.31 Å². The summed E-state index contributed by atoms with van der Waals surface area (Å²) >= 11 is 0. The Morgan fingerprint density at radius 2 is 1.79 bits per heavy atom. The van der Waals surface area contributed by atoms with Crippen molar-refractivity contribution in [1.29, 1.82) is 0 Å². The third-order valence-corrected chi connectivity index (χ3v) is 7.67. The maximum absolute atomic E-state index is 13.1. The largest absolute Gasteiger partial charge is 0.454 e. The first-order valence-electron chi connectivity index (χ1n) is 10.8. The fourth-order valence-corrected chi connectivity index (χ4v) is 5.37. The summed E-state index contributed by atoms with van der Waals surface area (Å²) in [6.45, 7) is 7.02. The Kier molecular flexibility index (Phi) is 7.56. The molecule has 0 spiro atoms. The van der Waals surface area contributed by atoms with Gasteiger partial charge in [-0.3, -0.25) is 9.59 Å². The van der Waals surface area contributed by atoms with Crippen LogP contribution in [0.5, 0.6) is 0 Å². The predicted octanol–water partition coefficient (Wildman–Crippen LogP) is 2.73. The summed E-state index contributed by atoms with van der Waals surface area (Å²) in [7, 11) is -4.03. The van der Waals surface area contributed by atoms with Crippen molar-refractivity contribution in [2.75, 3.05) is 18.5 Å². The van der Waals surface area contributed by atoms with Gasteiger partial charge < -0.3 is 15.2 Å². The molecular formula is C24H30N2O6S. The summed E-state index contributed by atoms with van der Waals surface area (Å²) < 4.78 is 32.3. The Bertz CT molecular complexity index is 1130. The number of β-amino-alcohol motifs (C(OH)–C–C–N with tert-alkyl or cyclic N) is 1. The second-order valence-electron chi connectivity index (χ2n) is 8.66. The van der Waals surface area contributed by atoms with Crippen LogP contribution in [0.2, 0.25) is 0 Å². The highest BCUT2D eigenvalue weighted by atomic mass is 32.2. The van der Waals surface area contributed by atoms with Gasteiger partial charge in [-0.2, -0.15) is 4.31 Å². The minimum Gasteiger partial charge on any atom is -0.454 e. The molecule has 1 aliphatic rings. The second-order valence-corrected chi connectivity index (χ2v) is 10.5. The number of esters is 1. The molecule has 0 radical (unpaired) electrons. The number of aliphatic hydroxyl groups excluding tert-OH is 1. The van der Waals surface area contributed by atoms with Crippen LogP contribution in [0.1, 0.15) is 42.9 Å². The summed E-state index contributed by atoms with van der Waals surface area (Å²) in [4.78, 5) is 24.9. The Morgan fingerprint density at radius 3 is 2.39 bits per heavy atom. The summed E-state index contributed by atoms with van der Waals surface area (Å²) in [5.41, 5.74) is 3.43. The Hall–Kier alpha value is -2.75. The van der Waals surface area contributed by atoms with Gasteiger partial charge in [-0.15, -0.1) is 0 Å². The highest BCUT2D eigenvalue weighted by Crippen LogP contribution is 2.28. The fraction of sp³-hybridized carbons (Fsp3) is 0.417. The molecular weight excluding hydrogens is 444 g/mol. The van der Waals surface area contributed by atoms with Gasteiger partial charge in [0.25, 0.3) is 5.91 Å². The molecule has 1 amide bonds. The number of sulfonamides is 1. The smallest absolute Gasteiger partial charge is 0.325 e. The minimum atomic E-state index is -4.03. The summed E-state index contributed by atoms with van der Waals surface area (Å²) in [5, 5.41) is 12.7. The molecule has 0 aliphatic carbocycles. The number of anilines is 1. The normalized spacial score (nSPS) is 19.0. The lowest BCUT2D eigenvalue weighted by Gasteiger charge is -2.22. The van der Waals surface area contributed by atoms with Gasteiger partial charge >= 0.3 is 5.97 Å². The number of ether oxygens (including phenoxy) is 1. The number of amides is 1. The first-order valence-corrected chi connectivity index (χ1v) is 12.3. The van der Waals surface area contributed by atoms with Crippen LogP contribution >= 0.6 is 0 Å². The van der Waals surface area contributed by atoms with E-state index in [0.717, 1.165) is 21.0 Å². The molecule has 2 atom stereocenters. The number of aryl methyl sites for hydroxylation is 2. The number of rotatable bonds is 7. The van der Waals surface area contributed by atoms with E-state index in [0.29, 0.717) is 11.6 Å². The van der Waals surface area contributed by atoms with Gasteiger partial charge in [0.15, 0.2) is 6.61 Å². The van der Waals surface area contributed by atoms with Gasteiger partial charge in [0.05, 0.1) is 11.0 Å². The number of nitrogens with zero attached hydrogens (tertiary/aromatic N) is 1. The van der Waals surface area contributed by atoms with E-state index in [9.17, 15) is 23.1 Å². The topological polar surface area (TPSA) is 113 Å². The average molecular weight is 475 g/mol. The number of hydrogen-bond donors (Lipinski definition) is 2. The first-order chi connectivity index (χ1) is 15.5. The van der Waals surface area contributed by atoms with E-state index in [-0.39, 0.29) is 17.9 Å². The van der Waals surface area contributed by atoms with Gasteiger partial charge in [-0.1, -0.05) is 32.0 Å². The molecule has 9 heteroatoms. The zero-order valence-corrected chi connectivity index (χ0v) is 20.1. The van der Waals surface area contributed by atoms with Crippen LogP contribution in [-0.4, -0.2) is 55.0 Å². The molecule has 1 saturated heterocycles. The van der Waals surface area contributed by atoms with Crippen molar-refractivity contribution in [3.05, 3.63) is 59.2 Å². The van der Waals surface area contributed by atoms with Crippen LogP contribution in [0.4, 0.5) is 5.69 Å². The van der Waals surface area contributed by atoms with Crippen molar-refractivity contribution in [3.8, 4) is 0 Å². The average Bonchev–Trinajstić information content (AvgIpc) is 3.17. The van der Waals surface area contributed by atoms with Crippen LogP contribution in [0, 0.1) is 13.8 Å². The van der Waals surface area contributed by atoms with Crippen LogP contribution < -0.4 is 5.32 Å². The van der Waals surface area contributed by atoms with E-state index in [1.807, 2.05) is 19.1 Å². The Labute approximate surface area is 194 Å². The van der Waals surface area contributed by atoms with Gasteiger partial charge in [0, 0.05) is 18.7 Å². The van der Waals surface area contributed by atoms with Crippen molar-refractivity contribution < 1.29 is 27.9 Å². The highest BCUT2D eigenvalue weighted by molar-refractivity contribution is 7.89. The lowest BCUT2D eigenvalue weighted by molar-refractivity contribution is -0.150. The molecule has 0 aromatic heterocycles. The highest BCUT2D eigenvalue weighted by Gasteiger charge is 2.44. The quantitative estimate of drug-likeness (QED) is 0.597. The molecule has 2 N–H and O–H groups in total.